The Balaban J connectivity index is 2.46. The quantitative estimate of drug-likeness (QED) is 0.533. The second-order valence-corrected chi connectivity index (χ2v) is 3.55. The van der Waals surface area contributed by atoms with Gasteiger partial charge >= 0.3 is 0 Å². The molecule has 0 heterocycles. The summed E-state index contributed by atoms with van der Waals surface area (Å²) in [5, 5.41) is 0. The number of thiol groups is 1. The second-order valence-electron chi connectivity index (χ2n) is 3.11. The van der Waals surface area contributed by atoms with Gasteiger partial charge in [0.25, 0.3) is 0 Å². The van der Waals surface area contributed by atoms with Gasteiger partial charge < -0.3 is 0 Å². The Labute approximate surface area is 80.4 Å². The number of hydrogen-bond acceptors (Lipinski definition) is 1. The maximum atomic E-state index is 4.19. The van der Waals surface area contributed by atoms with E-state index in [1.165, 1.54) is 30.4 Å². The van der Waals surface area contributed by atoms with E-state index in [-0.39, 0.29) is 0 Å². The molecule has 0 spiro atoms. The minimum atomic E-state index is 1.01. The van der Waals surface area contributed by atoms with Gasteiger partial charge in [-0.25, -0.2) is 0 Å². The molecule has 0 nitrogen and oxygen atoms in total. The molecular weight excluding hydrogens is 164 g/mol. The molecule has 0 aromatic heterocycles. The van der Waals surface area contributed by atoms with E-state index in [2.05, 4.69) is 43.8 Å². The average Bonchev–Trinajstić information content (AvgIpc) is 2.09. The first-order valence-corrected chi connectivity index (χ1v) is 5.13. The molecule has 0 radical (unpaired) electrons. The van der Waals surface area contributed by atoms with Gasteiger partial charge in [-0.2, -0.15) is 12.6 Å². The lowest BCUT2D eigenvalue weighted by Crippen LogP contribution is -1.89. The van der Waals surface area contributed by atoms with Crippen molar-refractivity contribution in [2.45, 2.75) is 26.2 Å². The van der Waals surface area contributed by atoms with Crippen molar-refractivity contribution >= 4 is 12.6 Å². The molecule has 0 unspecified atom stereocenters. The maximum Gasteiger partial charge on any atom is -0.00978 e. The van der Waals surface area contributed by atoms with Crippen molar-refractivity contribution in [2.24, 2.45) is 0 Å². The van der Waals surface area contributed by atoms with E-state index >= 15 is 0 Å². The molecule has 1 aromatic carbocycles. The van der Waals surface area contributed by atoms with E-state index in [1.54, 1.807) is 0 Å². The smallest absolute Gasteiger partial charge is 0.00978 e. The van der Waals surface area contributed by atoms with Crippen LogP contribution in [0.3, 0.4) is 0 Å². The van der Waals surface area contributed by atoms with E-state index in [1.807, 2.05) is 0 Å². The lowest BCUT2D eigenvalue weighted by atomic mass is 10.0. The van der Waals surface area contributed by atoms with Crippen LogP contribution in [0, 0.1) is 6.92 Å². The lowest BCUT2D eigenvalue weighted by molar-refractivity contribution is 0.800. The summed E-state index contributed by atoms with van der Waals surface area (Å²) in [4.78, 5) is 0. The Kier molecular flexibility index (Phi) is 4.23. The fraction of sp³-hybridized carbons (Fsp3) is 0.455. The minimum absolute atomic E-state index is 1.01. The highest BCUT2D eigenvalue weighted by Gasteiger charge is 1.95. The Morgan fingerprint density at radius 1 is 1.17 bits per heavy atom. The first-order valence-electron chi connectivity index (χ1n) is 4.50. The molecular formula is C11H16S. The molecule has 0 aliphatic carbocycles. The Hall–Kier alpha value is -0.430. The summed E-state index contributed by atoms with van der Waals surface area (Å²) in [7, 11) is 0. The topological polar surface area (TPSA) is 0 Å². The third kappa shape index (κ3) is 2.90. The van der Waals surface area contributed by atoms with Crippen LogP contribution in [-0.2, 0) is 6.42 Å². The third-order valence-electron chi connectivity index (χ3n) is 2.12. The van der Waals surface area contributed by atoms with Crippen LogP contribution in [0.15, 0.2) is 24.3 Å². The number of unbranched alkanes of at least 4 members (excludes halogenated alkanes) is 1. The van der Waals surface area contributed by atoms with Crippen LogP contribution in [0.2, 0.25) is 0 Å². The van der Waals surface area contributed by atoms with Gasteiger partial charge in [0.1, 0.15) is 0 Å². The predicted molar refractivity (Wildman–Crippen MR) is 58.0 cm³/mol. The molecule has 0 fully saturated rings. The molecule has 0 saturated carbocycles. The fourth-order valence-electron chi connectivity index (χ4n) is 1.32. The van der Waals surface area contributed by atoms with Crippen LogP contribution < -0.4 is 0 Å². The first kappa shape index (κ1) is 9.66. The van der Waals surface area contributed by atoms with Gasteiger partial charge in [-0.05, 0) is 43.1 Å². The zero-order chi connectivity index (χ0) is 8.81. The molecule has 0 aliphatic rings. The average molecular weight is 180 g/mol. The summed E-state index contributed by atoms with van der Waals surface area (Å²) in [6, 6.07) is 8.60. The zero-order valence-electron chi connectivity index (χ0n) is 7.59. The molecule has 1 aromatic rings. The number of hydrogen-bond donors (Lipinski definition) is 1. The van der Waals surface area contributed by atoms with Crippen molar-refractivity contribution in [3.05, 3.63) is 35.4 Å². The van der Waals surface area contributed by atoms with Crippen LogP contribution in [0.25, 0.3) is 0 Å². The predicted octanol–water partition coefficient (Wildman–Crippen LogP) is 3.25. The summed E-state index contributed by atoms with van der Waals surface area (Å²) in [5.74, 6) is 1.01. The molecule has 66 valence electrons. The van der Waals surface area contributed by atoms with Crippen LogP contribution in [0.4, 0.5) is 0 Å². The fourth-order valence-corrected chi connectivity index (χ4v) is 1.54. The van der Waals surface area contributed by atoms with Gasteiger partial charge in [-0.3, -0.25) is 0 Å². The van der Waals surface area contributed by atoms with Gasteiger partial charge in [0.15, 0.2) is 0 Å². The van der Waals surface area contributed by atoms with Crippen molar-refractivity contribution in [3.63, 3.8) is 0 Å². The summed E-state index contributed by atoms with van der Waals surface area (Å²) in [6.45, 7) is 2.18. The third-order valence-corrected chi connectivity index (χ3v) is 2.43. The second kappa shape index (κ2) is 5.26. The van der Waals surface area contributed by atoms with E-state index in [4.69, 9.17) is 0 Å². The van der Waals surface area contributed by atoms with Crippen molar-refractivity contribution in [1.82, 2.24) is 0 Å². The van der Waals surface area contributed by atoms with Gasteiger partial charge in [-0.15, -0.1) is 0 Å². The van der Waals surface area contributed by atoms with Crippen molar-refractivity contribution < 1.29 is 0 Å². The van der Waals surface area contributed by atoms with Crippen LogP contribution >= 0.6 is 12.6 Å². The Morgan fingerprint density at radius 3 is 2.58 bits per heavy atom. The highest BCUT2D eigenvalue weighted by atomic mass is 32.1. The van der Waals surface area contributed by atoms with E-state index in [9.17, 15) is 0 Å². The molecule has 12 heavy (non-hydrogen) atoms. The number of aryl methyl sites for hydroxylation is 2. The lowest BCUT2D eigenvalue weighted by Gasteiger charge is -2.03. The van der Waals surface area contributed by atoms with Crippen LogP contribution in [0.1, 0.15) is 24.0 Å². The number of rotatable bonds is 4. The largest absolute Gasteiger partial charge is 0.179 e. The van der Waals surface area contributed by atoms with Crippen molar-refractivity contribution in [2.75, 3.05) is 5.75 Å². The molecule has 0 bridgehead atoms. The van der Waals surface area contributed by atoms with Gasteiger partial charge in [0.2, 0.25) is 0 Å². The monoisotopic (exact) mass is 180 g/mol. The SMILES string of the molecule is Cc1ccccc1CCCCS. The van der Waals surface area contributed by atoms with E-state index in [0.29, 0.717) is 0 Å². The van der Waals surface area contributed by atoms with E-state index < -0.39 is 0 Å². The van der Waals surface area contributed by atoms with Gasteiger partial charge in [-0.1, -0.05) is 24.3 Å². The summed E-state index contributed by atoms with van der Waals surface area (Å²) in [5.41, 5.74) is 2.90. The van der Waals surface area contributed by atoms with Crippen LogP contribution in [-0.4, -0.2) is 5.75 Å². The molecule has 1 heteroatoms. The van der Waals surface area contributed by atoms with Crippen molar-refractivity contribution in [3.8, 4) is 0 Å². The normalized spacial score (nSPS) is 10.2. The summed E-state index contributed by atoms with van der Waals surface area (Å²) in [6.07, 6.45) is 3.68. The Bertz CT molecular complexity index is 230. The van der Waals surface area contributed by atoms with Crippen molar-refractivity contribution in [1.29, 1.82) is 0 Å². The summed E-state index contributed by atoms with van der Waals surface area (Å²) < 4.78 is 0. The molecule has 1 rings (SSSR count). The molecule has 0 saturated heterocycles. The minimum Gasteiger partial charge on any atom is -0.179 e. The maximum absolute atomic E-state index is 4.19. The van der Waals surface area contributed by atoms with Gasteiger partial charge in [0.05, 0.1) is 0 Å². The standard InChI is InChI=1S/C11H16S/c1-10-6-2-3-7-11(10)8-4-5-9-12/h2-3,6-7,12H,4-5,8-9H2,1H3. The first-order chi connectivity index (χ1) is 5.84. The van der Waals surface area contributed by atoms with Gasteiger partial charge in [0, 0.05) is 0 Å². The Morgan fingerprint density at radius 2 is 1.92 bits per heavy atom. The summed E-state index contributed by atoms with van der Waals surface area (Å²) >= 11 is 4.19. The van der Waals surface area contributed by atoms with Crippen LogP contribution in [0.5, 0.6) is 0 Å². The molecule has 0 amide bonds. The molecule has 0 N–H and O–H groups in total. The molecule has 0 aliphatic heterocycles. The highest BCUT2D eigenvalue weighted by molar-refractivity contribution is 7.80. The molecule has 0 atom stereocenters. The number of benzene rings is 1. The zero-order valence-corrected chi connectivity index (χ0v) is 8.48. The highest BCUT2D eigenvalue weighted by Crippen LogP contribution is 2.10. The van der Waals surface area contributed by atoms with E-state index in [0.717, 1.165) is 5.75 Å².